The minimum Gasteiger partial charge on any atom is -0.512 e. The summed E-state index contributed by atoms with van der Waals surface area (Å²) in [5.41, 5.74) is 26.8. The van der Waals surface area contributed by atoms with Crippen LogP contribution in [0.4, 0.5) is 0 Å². The number of aliphatic hydroxyl groups is 3. The summed E-state index contributed by atoms with van der Waals surface area (Å²) < 4.78 is 0. The van der Waals surface area contributed by atoms with Crippen LogP contribution in [0.5, 0.6) is 0 Å². The molecule has 26 rings (SSSR count). The Hall–Kier alpha value is -15.5. The summed E-state index contributed by atoms with van der Waals surface area (Å²) in [7, 11) is 0. The molecule has 3 N–H and O–H groups in total. The molecule has 23 aromatic rings. The molecule has 0 saturated carbocycles. The molecule has 3 aliphatic carbocycles. The predicted molar refractivity (Wildman–Crippen MR) is 609 cm³/mol. The van der Waals surface area contributed by atoms with Gasteiger partial charge >= 0.3 is 0 Å². The van der Waals surface area contributed by atoms with Crippen LogP contribution in [0.2, 0.25) is 0 Å². The molecule has 0 aliphatic heterocycles. The van der Waals surface area contributed by atoms with Gasteiger partial charge in [0, 0.05) is 108 Å². The molecule has 3 aromatic heterocycles. The number of hydrogen-bond acceptors (Lipinski definition) is 9. The Morgan fingerprint density at radius 2 is 0.631 bits per heavy atom. The fraction of sp³-hybridized carbons (Fsp3) is 0.124. The second-order valence-electron chi connectivity index (χ2n) is 40.3. The third-order valence-corrected chi connectivity index (χ3v) is 29.4. The minimum atomic E-state index is -0.202. The van der Waals surface area contributed by atoms with Crippen molar-refractivity contribution in [3.05, 3.63) is 480 Å². The van der Waals surface area contributed by atoms with Crippen molar-refractivity contribution in [3.63, 3.8) is 0 Å². The van der Waals surface area contributed by atoms with Crippen LogP contribution in [0, 0.1) is 32.0 Å². The largest absolute Gasteiger partial charge is 0.512 e. The van der Waals surface area contributed by atoms with Crippen molar-refractivity contribution in [2.45, 2.75) is 113 Å². The van der Waals surface area contributed by atoms with Crippen molar-refractivity contribution in [1.29, 1.82) is 0 Å². The summed E-state index contributed by atoms with van der Waals surface area (Å²) in [6.07, 6.45) is 10.6. The number of aryl methyl sites for hydroxylation is 3. The van der Waals surface area contributed by atoms with Gasteiger partial charge in [-0.1, -0.05) is 403 Å². The first-order valence-corrected chi connectivity index (χ1v) is 49.8. The Morgan fingerprint density at radius 1 is 0.295 bits per heavy atom. The zero-order chi connectivity index (χ0) is 101. The SMILES string of the molecule is CC(=O)C=C(C)O.CC(=O)C=C(C)O.CC1(C)c2cc(-c3cc4ccccc4cn3)[c-]cc2-c2ccc3c4ccccc4c4ccccc4c3c21.CCc1ccc2cnc(-c3[c-]cc4c(c3)C(C)(C)c3ccc5c6ccccc6c6ccccc6c5c3-4)cc2c1.Cc1ccc2cnc(-c3[c-]cc4c(c3)C(C)(C)c3c-4ccc4c5cc(C)ccc5c5ccccc5c34)cc2c1.O=C(C=C(O)c1ccccc1)c1ccccc1.[Ir].[Ir].[Ir]. The molecule has 9 nitrogen and oxygen atoms in total. The average molecular weight is 2470 g/mol. The van der Waals surface area contributed by atoms with Crippen LogP contribution < -0.4 is 0 Å². The Labute approximate surface area is 909 Å². The fourth-order valence-electron chi connectivity index (χ4n) is 22.5. The number of benzene rings is 20. The van der Waals surface area contributed by atoms with Crippen molar-refractivity contribution in [2.75, 3.05) is 0 Å². The van der Waals surface area contributed by atoms with Crippen molar-refractivity contribution < 1.29 is 90.0 Å². The number of allylic oxidation sites excluding steroid dienone is 5. The third-order valence-electron chi connectivity index (χ3n) is 29.4. The van der Waals surface area contributed by atoms with Crippen LogP contribution in [0.25, 0.3) is 202 Å². The molecule has 20 aromatic carbocycles. The smallest absolute Gasteiger partial charge is 0.189 e. The number of ketones is 3. The molecule has 0 bridgehead atoms. The van der Waals surface area contributed by atoms with E-state index in [2.05, 4.69) is 372 Å². The summed E-state index contributed by atoms with van der Waals surface area (Å²) in [4.78, 5) is 46.3. The van der Waals surface area contributed by atoms with E-state index in [4.69, 9.17) is 25.2 Å². The van der Waals surface area contributed by atoms with Gasteiger partial charge in [0.25, 0.3) is 0 Å². The van der Waals surface area contributed by atoms with Crippen LogP contribution in [0.15, 0.2) is 400 Å². The molecule has 737 valence electrons. The number of hydrogen-bond donors (Lipinski definition) is 3. The van der Waals surface area contributed by atoms with Crippen LogP contribution in [-0.2, 0) is 92.6 Å². The van der Waals surface area contributed by atoms with Crippen LogP contribution >= 0.6 is 0 Å². The van der Waals surface area contributed by atoms with Gasteiger partial charge in [0.05, 0.1) is 11.5 Å². The standard InChI is InChI=1S/2C38H28N.C36H24N.C15H12O2.2C5H8O2.3Ir/c1-22-9-11-25-21-39-35(20-26(25)17-22)24-12-14-29-32-16-15-31-33-18-23(2)10-13-28(33)27-7-5-6-8-30(27)36(31)37(32)38(3,4)34(29)19-24;1-4-23-13-14-25-22-39-35(21-26(25)19-23)24-15-16-32-34(20-24)38(2,3)33-18-17-31-29-11-6-5-9-27(29)28-10-7-8-12-30(28)36(31)37(32)33;1-36(2)32-19-23(33-20-22-9-3-4-10-24(22)21-37-33)15-16-28(32)31-18-17-30-27-13-6-5-11-25(27)26-12-7-8-14-29(26)34(30)35(31)36;16-14(12-7-3-1-4-8-12)11-15(17)13-9-5-2-6-10-13;2*1-4(6)3-5(2)7;;;/h5-11,13-21H,1-4H3;5-14,16-22H,4H2,1-3H3;3-14,16-21H,1-2H3;1-11,16H;2*3,6H,1-2H3;;;/q3*-1;;;;;;. The summed E-state index contributed by atoms with van der Waals surface area (Å²) in [5.74, 6) is -0.341. The molecular formula is C137H108Ir3N3O6-3. The van der Waals surface area contributed by atoms with E-state index in [0.29, 0.717) is 11.1 Å². The summed E-state index contributed by atoms with van der Waals surface area (Å²) in [6, 6.07) is 136. The molecular weight excluding hydrogens is 2360 g/mol. The van der Waals surface area contributed by atoms with Crippen molar-refractivity contribution in [2.24, 2.45) is 0 Å². The number of aromatic nitrogens is 3. The van der Waals surface area contributed by atoms with E-state index in [1.807, 2.05) is 42.9 Å². The molecule has 0 fully saturated rings. The van der Waals surface area contributed by atoms with Gasteiger partial charge in [-0.2, -0.15) is 0 Å². The fourth-order valence-corrected chi connectivity index (χ4v) is 22.5. The van der Waals surface area contributed by atoms with Gasteiger partial charge in [0.1, 0.15) is 5.76 Å². The molecule has 149 heavy (non-hydrogen) atoms. The maximum atomic E-state index is 11.8. The van der Waals surface area contributed by atoms with Crippen molar-refractivity contribution >= 4 is 152 Å². The Kier molecular flexibility index (Phi) is 29.5. The summed E-state index contributed by atoms with van der Waals surface area (Å²) in [6.45, 7) is 26.5. The summed E-state index contributed by atoms with van der Waals surface area (Å²) in [5, 5.41) is 57.6. The number of rotatable bonds is 9. The second kappa shape index (κ2) is 42.4. The maximum absolute atomic E-state index is 11.8. The number of pyridine rings is 3. The van der Waals surface area contributed by atoms with Gasteiger partial charge in [-0.15, -0.1) is 88.0 Å². The van der Waals surface area contributed by atoms with Gasteiger partial charge in [-0.25, -0.2) is 0 Å². The van der Waals surface area contributed by atoms with E-state index in [0.717, 1.165) is 45.6 Å². The average Bonchev–Trinajstić information content (AvgIpc) is 1.56. The summed E-state index contributed by atoms with van der Waals surface area (Å²) >= 11 is 0. The van der Waals surface area contributed by atoms with Gasteiger partial charge in [-0.3, -0.25) is 14.4 Å². The van der Waals surface area contributed by atoms with E-state index in [-0.39, 0.29) is 111 Å². The number of fused-ring (bicyclic) bond motifs is 33. The Bertz CT molecular complexity index is 9340. The molecule has 3 heterocycles. The van der Waals surface area contributed by atoms with Gasteiger partial charge < -0.3 is 30.3 Å². The Balaban J connectivity index is 0.000000127. The molecule has 3 radical (unpaired) electrons. The number of carbonyl (C=O) groups excluding carboxylic acids is 3. The van der Waals surface area contributed by atoms with Crippen molar-refractivity contribution in [3.8, 4) is 67.2 Å². The molecule has 3 aliphatic rings. The first kappa shape index (κ1) is 104. The van der Waals surface area contributed by atoms with E-state index in [1.165, 1.54) is 253 Å². The molecule has 0 amide bonds. The number of aliphatic hydroxyl groups excluding tert-OH is 3. The zero-order valence-corrected chi connectivity index (χ0v) is 92.3. The Morgan fingerprint density at radius 3 is 1.08 bits per heavy atom. The van der Waals surface area contributed by atoms with Crippen LogP contribution in [-0.4, -0.2) is 47.6 Å². The van der Waals surface area contributed by atoms with Crippen LogP contribution in [0.3, 0.4) is 0 Å². The van der Waals surface area contributed by atoms with E-state index >= 15 is 0 Å². The minimum absolute atomic E-state index is 0. The molecule has 0 atom stereocenters. The topological polar surface area (TPSA) is 151 Å². The van der Waals surface area contributed by atoms with Crippen molar-refractivity contribution in [1.82, 2.24) is 15.0 Å². The van der Waals surface area contributed by atoms with Crippen LogP contribution in [0.1, 0.15) is 142 Å². The third kappa shape index (κ3) is 19.5. The van der Waals surface area contributed by atoms with Gasteiger partial charge in [0.15, 0.2) is 17.3 Å². The predicted octanol–water partition coefficient (Wildman–Crippen LogP) is 35.1. The van der Waals surface area contributed by atoms with Gasteiger partial charge in [0.2, 0.25) is 0 Å². The van der Waals surface area contributed by atoms with E-state index in [1.54, 1.807) is 36.4 Å². The normalized spacial score (nSPS) is 13.0. The number of nitrogens with zero attached hydrogens (tertiary/aromatic N) is 3. The first-order valence-electron chi connectivity index (χ1n) is 49.8. The molecule has 0 spiro atoms. The maximum Gasteiger partial charge on any atom is 0.189 e. The zero-order valence-electron chi connectivity index (χ0n) is 85.1. The monoisotopic (exact) mass is 2470 g/mol. The van der Waals surface area contributed by atoms with E-state index in [9.17, 15) is 19.5 Å². The second-order valence-corrected chi connectivity index (χ2v) is 40.3. The van der Waals surface area contributed by atoms with E-state index < -0.39 is 0 Å². The number of carbonyl (C=O) groups is 3. The first-order chi connectivity index (χ1) is 70.6. The molecule has 0 saturated heterocycles. The molecule has 0 unspecified atom stereocenters. The van der Waals surface area contributed by atoms with Gasteiger partial charge in [-0.05, 0) is 238 Å². The quantitative estimate of drug-likeness (QED) is 0.0422. The molecule has 12 heteroatoms.